The normalized spacial score (nSPS) is 10.2. The fourth-order valence-electron chi connectivity index (χ4n) is 2.08. The van der Waals surface area contributed by atoms with Gasteiger partial charge in [-0.2, -0.15) is 0 Å². The monoisotopic (exact) mass is 413 g/mol. The molecular formula is C17H16BrN7O. The molecule has 1 amide bonds. The van der Waals surface area contributed by atoms with Gasteiger partial charge in [-0.1, -0.05) is 0 Å². The largest absolute Gasteiger partial charge is 0.367 e. The van der Waals surface area contributed by atoms with E-state index in [9.17, 15) is 4.79 Å². The second kappa shape index (κ2) is 8.86. The molecule has 0 saturated carbocycles. The summed E-state index contributed by atoms with van der Waals surface area (Å²) in [5.74, 6) is 1.09. The molecule has 0 unspecified atom stereocenters. The summed E-state index contributed by atoms with van der Waals surface area (Å²) in [5, 5.41) is 17.2. The molecule has 0 fully saturated rings. The zero-order valence-electron chi connectivity index (χ0n) is 13.7. The summed E-state index contributed by atoms with van der Waals surface area (Å²) in [4.78, 5) is 19.9. The smallest absolute Gasteiger partial charge is 0.252 e. The number of hydrogen-bond acceptors (Lipinski definition) is 7. The number of hydrogen-bond donors (Lipinski definition) is 3. The van der Waals surface area contributed by atoms with Crippen LogP contribution in [-0.2, 0) is 0 Å². The molecule has 0 atom stereocenters. The minimum atomic E-state index is -0.177. The molecule has 3 N–H and O–H groups in total. The van der Waals surface area contributed by atoms with E-state index in [1.807, 2.05) is 24.3 Å². The topological polar surface area (TPSA) is 105 Å². The van der Waals surface area contributed by atoms with Gasteiger partial charge in [0, 0.05) is 48.0 Å². The van der Waals surface area contributed by atoms with Gasteiger partial charge >= 0.3 is 0 Å². The van der Waals surface area contributed by atoms with Gasteiger partial charge in [0.2, 0.25) is 0 Å². The first-order valence-corrected chi connectivity index (χ1v) is 8.63. The van der Waals surface area contributed by atoms with Crippen molar-refractivity contribution < 1.29 is 4.79 Å². The van der Waals surface area contributed by atoms with E-state index in [1.54, 1.807) is 24.7 Å². The van der Waals surface area contributed by atoms with Crippen LogP contribution in [0, 0.1) is 0 Å². The Balaban J connectivity index is 1.43. The Morgan fingerprint density at radius 1 is 0.962 bits per heavy atom. The summed E-state index contributed by atoms with van der Waals surface area (Å²) in [5.41, 5.74) is 1.39. The van der Waals surface area contributed by atoms with Crippen LogP contribution in [0.15, 0.2) is 59.6 Å². The van der Waals surface area contributed by atoms with E-state index < -0.39 is 0 Å². The number of pyridine rings is 2. The lowest BCUT2D eigenvalue weighted by Crippen LogP contribution is -2.29. The molecule has 9 heteroatoms. The number of aromatic nitrogens is 4. The van der Waals surface area contributed by atoms with Crippen molar-refractivity contribution in [3.05, 3.63) is 65.2 Å². The Morgan fingerprint density at radius 3 is 2.46 bits per heavy atom. The van der Waals surface area contributed by atoms with Crippen molar-refractivity contribution in [3.63, 3.8) is 0 Å². The quantitative estimate of drug-likeness (QED) is 0.511. The first-order valence-electron chi connectivity index (χ1n) is 7.84. The molecule has 0 aromatic carbocycles. The van der Waals surface area contributed by atoms with Gasteiger partial charge in [0.05, 0.1) is 5.56 Å². The van der Waals surface area contributed by atoms with Crippen molar-refractivity contribution in [3.8, 4) is 0 Å². The molecule has 0 aliphatic carbocycles. The molecule has 0 radical (unpaired) electrons. The van der Waals surface area contributed by atoms with Crippen molar-refractivity contribution in [2.45, 2.75) is 0 Å². The van der Waals surface area contributed by atoms with E-state index in [0.29, 0.717) is 30.3 Å². The molecule has 8 nitrogen and oxygen atoms in total. The summed E-state index contributed by atoms with van der Waals surface area (Å²) in [6.45, 7) is 0.975. The average molecular weight is 414 g/mol. The zero-order valence-corrected chi connectivity index (χ0v) is 15.3. The molecule has 3 rings (SSSR count). The van der Waals surface area contributed by atoms with Crippen molar-refractivity contribution >= 4 is 39.2 Å². The number of nitrogens with zero attached hydrogens (tertiary/aromatic N) is 4. The predicted molar refractivity (Wildman–Crippen MR) is 102 cm³/mol. The third-order valence-corrected chi connectivity index (χ3v) is 3.73. The van der Waals surface area contributed by atoms with Crippen molar-refractivity contribution in [1.29, 1.82) is 0 Å². The molecular weight excluding hydrogens is 398 g/mol. The van der Waals surface area contributed by atoms with Crippen LogP contribution in [0.5, 0.6) is 0 Å². The molecule has 0 aliphatic heterocycles. The predicted octanol–water partition coefficient (Wildman–Crippen LogP) is 2.61. The zero-order chi connectivity index (χ0) is 18.2. The summed E-state index contributed by atoms with van der Waals surface area (Å²) in [6.07, 6.45) is 6.55. The highest BCUT2D eigenvalue weighted by Gasteiger charge is 2.05. The van der Waals surface area contributed by atoms with Gasteiger partial charge in [0.1, 0.15) is 5.82 Å². The van der Waals surface area contributed by atoms with Crippen LogP contribution >= 0.6 is 15.9 Å². The maximum absolute atomic E-state index is 12.0. The molecule has 0 spiro atoms. The van der Waals surface area contributed by atoms with E-state index in [0.717, 1.165) is 10.2 Å². The molecule has 0 bridgehead atoms. The van der Waals surface area contributed by atoms with Crippen LogP contribution in [-0.4, -0.2) is 39.2 Å². The second-order valence-electron chi connectivity index (χ2n) is 5.24. The Hall–Kier alpha value is -3.07. The van der Waals surface area contributed by atoms with Gasteiger partial charge in [0.25, 0.3) is 5.91 Å². The number of carbonyl (C=O) groups excluding carboxylic acids is 1. The second-order valence-corrected chi connectivity index (χ2v) is 6.15. The number of amides is 1. The van der Waals surface area contributed by atoms with Crippen molar-refractivity contribution in [1.82, 2.24) is 25.5 Å². The number of rotatable bonds is 7. The minimum Gasteiger partial charge on any atom is -0.367 e. The number of anilines is 3. The molecule has 3 heterocycles. The molecule has 0 saturated heterocycles. The highest BCUT2D eigenvalue weighted by Crippen LogP contribution is 2.13. The van der Waals surface area contributed by atoms with Crippen LogP contribution < -0.4 is 16.0 Å². The molecule has 3 aromatic rings. The third-order valence-electron chi connectivity index (χ3n) is 3.30. The standard InChI is InChI=1S/C17H16BrN7O/c18-13-9-12(10-20-11-13)17(26)22-8-7-21-15-1-2-16(25-24-15)23-14-3-5-19-6-4-14/h1-6,9-11H,7-8H2,(H,21,24)(H,22,26)(H,19,23,25). The SMILES string of the molecule is O=C(NCCNc1ccc(Nc2ccncc2)nn1)c1cncc(Br)c1. The Labute approximate surface area is 158 Å². The average Bonchev–Trinajstić information content (AvgIpc) is 2.67. The fraction of sp³-hybridized carbons (Fsp3) is 0.118. The molecule has 26 heavy (non-hydrogen) atoms. The third kappa shape index (κ3) is 5.21. The van der Waals surface area contributed by atoms with Gasteiger partial charge in [-0.3, -0.25) is 14.8 Å². The van der Waals surface area contributed by atoms with E-state index in [2.05, 4.69) is 52.0 Å². The lowest BCUT2D eigenvalue weighted by molar-refractivity contribution is 0.0954. The summed E-state index contributed by atoms with van der Waals surface area (Å²) < 4.78 is 0.763. The summed E-state index contributed by atoms with van der Waals surface area (Å²) in [7, 11) is 0. The van der Waals surface area contributed by atoms with Crippen LogP contribution in [0.2, 0.25) is 0 Å². The summed E-state index contributed by atoms with van der Waals surface area (Å²) >= 11 is 3.29. The highest BCUT2D eigenvalue weighted by atomic mass is 79.9. The van der Waals surface area contributed by atoms with E-state index in [1.165, 1.54) is 6.20 Å². The van der Waals surface area contributed by atoms with Crippen LogP contribution in [0.25, 0.3) is 0 Å². The number of halogens is 1. The molecule has 3 aromatic heterocycles. The molecule has 0 aliphatic rings. The lowest BCUT2D eigenvalue weighted by atomic mass is 10.3. The number of nitrogens with one attached hydrogen (secondary N) is 3. The van der Waals surface area contributed by atoms with Gasteiger partial charge in [-0.25, -0.2) is 0 Å². The first kappa shape index (κ1) is 17.7. The van der Waals surface area contributed by atoms with Crippen molar-refractivity contribution in [2.24, 2.45) is 0 Å². The maximum atomic E-state index is 12.0. The van der Waals surface area contributed by atoms with Gasteiger partial charge < -0.3 is 16.0 Å². The molecule has 132 valence electrons. The van der Waals surface area contributed by atoms with Gasteiger partial charge in [0.15, 0.2) is 5.82 Å². The van der Waals surface area contributed by atoms with E-state index >= 15 is 0 Å². The number of carbonyl (C=O) groups is 1. The fourth-order valence-corrected chi connectivity index (χ4v) is 2.45. The van der Waals surface area contributed by atoms with Crippen molar-refractivity contribution in [2.75, 3.05) is 23.7 Å². The minimum absolute atomic E-state index is 0.177. The van der Waals surface area contributed by atoms with E-state index in [-0.39, 0.29) is 5.91 Å². The first-order chi connectivity index (χ1) is 12.7. The summed E-state index contributed by atoms with van der Waals surface area (Å²) in [6, 6.07) is 9.04. The van der Waals surface area contributed by atoms with Crippen LogP contribution in [0.3, 0.4) is 0 Å². The Bertz CT molecular complexity index is 859. The Morgan fingerprint density at radius 2 is 1.73 bits per heavy atom. The van der Waals surface area contributed by atoms with Gasteiger partial charge in [-0.15, -0.1) is 10.2 Å². The lowest BCUT2D eigenvalue weighted by Gasteiger charge is -2.08. The van der Waals surface area contributed by atoms with Crippen LogP contribution in [0.4, 0.5) is 17.3 Å². The maximum Gasteiger partial charge on any atom is 0.252 e. The van der Waals surface area contributed by atoms with E-state index in [4.69, 9.17) is 0 Å². The van der Waals surface area contributed by atoms with Crippen LogP contribution in [0.1, 0.15) is 10.4 Å². The highest BCUT2D eigenvalue weighted by molar-refractivity contribution is 9.10. The Kier molecular flexibility index (Phi) is 6.05. The van der Waals surface area contributed by atoms with Gasteiger partial charge in [-0.05, 0) is 46.3 Å².